The van der Waals surface area contributed by atoms with E-state index in [1.54, 1.807) is 6.07 Å². The van der Waals surface area contributed by atoms with E-state index in [4.69, 9.17) is 4.74 Å². The summed E-state index contributed by atoms with van der Waals surface area (Å²) >= 11 is 0. The lowest BCUT2D eigenvalue weighted by Gasteiger charge is -2.37. The summed E-state index contributed by atoms with van der Waals surface area (Å²) in [5, 5.41) is 2.74. The van der Waals surface area contributed by atoms with Crippen LogP contribution >= 0.6 is 0 Å². The number of benzene rings is 2. The summed E-state index contributed by atoms with van der Waals surface area (Å²) < 4.78 is 48.5. The van der Waals surface area contributed by atoms with Crippen molar-refractivity contribution in [3.63, 3.8) is 0 Å². The normalized spacial score (nSPS) is 24.7. The average Bonchev–Trinajstić information content (AvgIpc) is 2.77. The first-order valence-electron chi connectivity index (χ1n) is 11.1. The number of hydrogen-bond acceptors (Lipinski definition) is 4. The van der Waals surface area contributed by atoms with E-state index in [1.807, 2.05) is 43.3 Å². The first-order valence-corrected chi connectivity index (χ1v) is 12.6. The molecule has 2 aliphatic rings. The van der Waals surface area contributed by atoms with Crippen molar-refractivity contribution in [1.29, 1.82) is 0 Å². The predicted octanol–water partition coefficient (Wildman–Crippen LogP) is 4.72. The SMILES string of the molecule is C[C@H]1CCC(c2ccccc2)S(=O)(=O)N1Cc1ccc(NCC2CCOCC2)cc1F. The van der Waals surface area contributed by atoms with Crippen molar-refractivity contribution in [2.45, 2.75) is 50.4 Å². The van der Waals surface area contributed by atoms with Crippen molar-refractivity contribution < 1.29 is 17.5 Å². The Morgan fingerprint density at radius 1 is 1.06 bits per heavy atom. The Bertz CT molecular complexity index is 978. The molecular weight excluding hydrogens is 415 g/mol. The molecule has 7 heteroatoms. The topological polar surface area (TPSA) is 58.6 Å². The van der Waals surface area contributed by atoms with Crippen molar-refractivity contribution in [1.82, 2.24) is 4.31 Å². The largest absolute Gasteiger partial charge is 0.385 e. The summed E-state index contributed by atoms with van der Waals surface area (Å²) in [5.41, 5.74) is 1.93. The van der Waals surface area contributed by atoms with Crippen molar-refractivity contribution in [2.75, 3.05) is 25.1 Å². The minimum Gasteiger partial charge on any atom is -0.385 e. The molecule has 2 saturated heterocycles. The fourth-order valence-corrected chi connectivity index (χ4v) is 6.71. The lowest BCUT2D eigenvalue weighted by Crippen LogP contribution is -2.44. The first-order chi connectivity index (χ1) is 14.9. The molecule has 4 rings (SSSR count). The van der Waals surface area contributed by atoms with E-state index in [0.717, 1.165) is 50.3 Å². The van der Waals surface area contributed by atoms with Gasteiger partial charge in [-0.2, -0.15) is 4.31 Å². The van der Waals surface area contributed by atoms with E-state index in [-0.39, 0.29) is 18.4 Å². The molecule has 0 radical (unpaired) electrons. The molecule has 0 aliphatic carbocycles. The predicted molar refractivity (Wildman–Crippen MR) is 121 cm³/mol. The third-order valence-electron chi connectivity index (χ3n) is 6.51. The van der Waals surface area contributed by atoms with Crippen LogP contribution in [0.25, 0.3) is 0 Å². The fourth-order valence-electron chi connectivity index (χ4n) is 4.52. The number of ether oxygens (including phenoxy) is 1. The minimum absolute atomic E-state index is 0.0545. The zero-order chi connectivity index (χ0) is 21.8. The molecule has 2 aromatic rings. The van der Waals surface area contributed by atoms with Crippen LogP contribution in [0.2, 0.25) is 0 Å². The molecule has 1 unspecified atom stereocenters. The molecule has 2 aromatic carbocycles. The Morgan fingerprint density at radius 2 is 1.81 bits per heavy atom. The molecule has 168 valence electrons. The number of anilines is 1. The summed E-state index contributed by atoms with van der Waals surface area (Å²) in [5.74, 6) is 0.159. The van der Waals surface area contributed by atoms with Crippen molar-refractivity contribution in [3.05, 3.63) is 65.5 Å². The number of rotatable bonds is 6. The Hall–Kier alpha value is -1.96. The second-order valence-corrected chi connectivity index (χ2v) is 10.7. The molecule has 2 atom stereocenters. The first kappa shape index (κ1) is 22.2. The quantitative estimate of drug-likeness (QED) is 0.698. The van der Waals surface area contributed by atoms with Crippen LogP contribution in [0.4, 0.5) is 10.1 Å². The molecule has 0 saturated carbocycles. The van der Waals surface area contributed by atoms with Crippen LogP contribution in [0.1, 0.15) is 49.0 Å². The molecule has 2 heterocycles. The standard InChI is InChI=1S/C24H31FN2O3S/c1-18-7-10-24(20-5-3-2-4-6-20)31(28,29)27(18)17-21-8-9-22(15-23(21)25)26-16-19-11-13-30-14-12-19/h2-6,8-9,15,18-19,24,26H,7,10-14,16-17H2,1H3/t18-,24?/m0/s1. The molecule has 5 nitrogen and oxygen atoms in total. The number of hydrogen-bond donors (Lipinski definition) is 1. The maximum Gasteiger partial charge on any atom is 0.221 e. The molecule has 2 fully saturated rings. The summed E-state index contributed by atoms with van der Waals surface area (Å²) in [6.45, 7) is 4.32. The average molecular weight is 447 g/mol. The van der Waals surface area contributed by atoms with Gasteiger partial charge in [-0.15, -0.1) is 0 Å². The summed E-state index contributed by atoms with van der Waals surface area (Å²) in [4.78, 5) is 0. The van der Waals surface area contributed by atoms with E-state index in [9.17, 15) is 12.8 Å². The van der Waals surface area contributed by atoms with Crippen LogP contribution < -0.4 is 5.32 Å². The maximum atomic E-state index is 14.9. The highest BCUT2D eigenvalue weighted by Gasteiger charge is 2.40. The Morgan fingerprint density at radius 3 is 2.52 bits per heavy atom. The van der Waals surface area contributed by atoms with Crippen LogP contribution in [-0.2, 0) is 21.3 Å². The molecule has 2 aliphatic heterocycles. The second kappa shape index (κ2) is 9.67. The van der Waals surface area contributed by atoms with Gasteiger partial charge in [-0.05, 0) is 56.2 Å². The summed E-state index contributed by atoms with van der Waals surface area (Å²) in [7, 11) is -3.58. The third-order valence-corrected chi connectivity index (χ3v) is 8.88. The highest BCUT2D eigenvalue weighted by atomic mass is 32.2. The number of sulfonamides is 1. The molecule has 0 amide bonds. The lowest BCUT2D eigenvalue weighted by molar-refractivity contribution is 0.0699. The van der Waals surface area contributed by atoms with Crippen molar-refractivity contribution in [2.24, 2.45) is 5.92 Å². The van der Waals surface area contributed by atoms with E-state index in [2.05, 4.69) is 5.32 Å². The highest BCUT2D eigenvalue weighted by Crippen LogP contribution is 2.38. The van der Waals surface area contributed by atoms with Gasteiger partial charge in [-0.25, -0.2) is 12.8 Å². The Kier molecular flexibility index (Phi) is 6.94. The third kappa shape index (κ3) is 5.10. The van der Waals surface area contributed by atoms with E-state index in [0.29, 0.717) is 17.9 Å². The van der Waals surface area contributed by atoms with Gasteiger partial charge in [-0.1, -0.05) is 36.4 Å². The maximum absolute atomic E-state index is 14.9. The minimum atomic E-state index is -3.58. The lowest BCUT2D eigenvalue weighted by atomic mass is 10.0. The van der Waals surface area contributed by atoms with Crippen LogP contribution in [-0.4, -0.2) is 38.5 Å². The number of halogens is 1. The van der Waals surface area contributed by atoms with Crippen LogP contribution in [0.15, 0.2) is 48.5 Å². The van der Waals surface area contributed by atoms with Gasteiger partial charge in [0.1, 0.15) is 11.1 Å². The van der Waals surface area contributed by atoms with Gasteiger partial charge in [-0.3, -0.25) is 0 Å². The Balaban J connectivity index is 1.46. The highest BCUT2D eigenvalue weighted by molar-refractivity contribution is 7.89. The van der Waals surface area contributed by atoms with Crippen LogP contribution in [0, 0.1) is 11.7 Å². The fraction of sp³-hybridized carbons (Fsp3) is 0.500. The molecule has 31 heavy (non-hydrogen) atoms. The van der Waals surface area contributed by atoms with Gasteiger partial charge >= 0.3 is 0 Å². The molecule has 1 N–H and O–H groups in total. The van der Waals surface area contributed by atoms with Gasteiger partial charge in [0.05, 0.1) is 0 Å². The van der Waals surface area contributed by atoms with Crippen molar-refractivity contribution in [3.8, 4) is 0 Å². The Labute approximate surface area is 184 Å². The smallest absolute Gasteiger partial charge is 0.221 e. The van der Waals surface area contributed by atoms with Gasteiger partial charge in [0.2, 0.25) is 10.0 Å². The van der Waals surface area contributed by atoms with Gasteiger partial charge in [0, 0.05) is 43.6 Å². The van der Waals surface area contributed by atoms with Crippen LogP contribution in [0.3, 0.4) is 0 Å². The monoisotopic (exact) mass is 446 g/mol. The zero-order valence-electron chi connectivity index (χ0n) is 18.0. The number of nitrogens with zero attached hydrogens (tertiary/aromatic N) is 1. The number of nitrogens with one attached hydrogen (secondary N) is 1. The zero-order valence-corrected chi connectivity index (χ0v) is 18.8. The van der Waals surface area contributed by atoms with Gasteiger partial charge in [0.15, 0.2) is 0 Å². The van der Waals surface area contributed by atoms with Gasteiger partial charge < -0.3 is 10.1 Å². The second-order valence-electron chi connectivity index (χ2n) is 8.66. The van der Waals surface area contributed by atoms with Crippen molar-refractivity contribution >= 4 is 15.7 Å². The molecule has 0 aromatic heterocycles. The molecular formula is C24H31FN2O3S. The van der Waals surface area contributed by atoms with E-state index >= 15 is 0 Å². The molecule has 0 bridgehead atoms. The molecule has 0 spiro atoms. The summed E-state index contributed by atoms with van der Waals surface area (Å²) in [6, 6.07) is 14.2. The van der Waals surface area contributed by atoms with E-state index in [1.165, 1.54) is 10.4 Å². The van der Waals surface area contributed by atoms with Crippen LogP contribution in [0.5, 0.6) is 0 Å². The van der Waals surface area contributed by atoms with Gasteiger partial charge in [0.25, 0.3) is 0 Å². The van der Waals surface area contributed by atoms with E-state index < -0.39 is 15.3 Å². The summed E-state index contributed by atoms with van der Waals surface area (Å²) in [6.07, 6.45) is 3.37.